The number of amides is 1. The van der Waals surface area contributed by atoms with Gasteiger partial charge < -0.3 is 4.90 Å². The first kappa shape index (κ1) is 12.4. The maximum atomic E-state index is 12.0. The molecule has 0 spiro atoms. The summed E-state index contributed by atoms with van der Waals surface area (Å²) in [6, 6.07) is 3.72. The summed E-state index contributed by atoms with van der Waals surface area (Å²) in [5, 5.41) is 0.267. The smallest absolute Gasteiger partial charge is 0.274 e. The molecular formula is C12H11ClN4O. The van der Waals surface area contributed by atoms with E-state index < -0.39 is 0 Å². The molecule has 0 saturated carbocycles. The lowest BCUT2D eigenvalue weighted by Gasteiger charge is -2.16. The molecule has 6 heteroatoms. The van der Waals surface area contributed by atoms with Crippen LogP contribution in [-0.2, 0) is 6.54 Å². The van der Waals surface area contributed by atoms with Crippen molar-refractivity contribution in [1.29, 1.82) is 0 Å². The van der Waals surface area contributed by atoms with Crippen LogP contribution in [-0.4, -0.2) is 32.8 Å². The maximum absolute atomic E-state index is 12.0. The molecule has 2 aromatic heterocycles. The van der Waals surface area contributed by atoms with E-state index in [0.29, 0.717) is 6.54 Å². The molecule has 0 aliphatic heterocycles. The van der Waals surface area contributed by atoms with Crippen molar-refractivity contribution in [3.63, 3.8) is 0 Å². The summed E-state index contributed by atoms with van der Waals surface area (Å²) in [7, 11) is 1.71. The van der Waals surface area contributed by atoms with Crippen molar-refractivity contribution in [2.75, 3.05) is 7.05 Å². The second-order valence-corrected chi connectivity index (χ2v) is 4.13. The van der Waals surface area contributed by atoms with Crippen LogP contribution in [0.15, 0.2) is 36.9 Å². The highest BCUT2D eigenvalue weighted by atomic mass is 35.5. The second-order valence-electron chi connectivity index (χ2n) is 3.74. The maximum Gasteiger partial charge on any atom is 0.274 e. The molecule has 0 fully saturated rings. The summed E-state index contributed by atoms with van der Waals surface area (Å²) in [6.07, 6.45) is 6.11. The van der Waals surface area contributed by atoms with E-state index in [1.165, 1.54) is 12.4 Å². The van der Waals surface area contributed by atoms with Crippen LogP contribution < -0.4 is 0 Å². The molecule has 0 aromatic carbocycles. The third-order valence-electron chi connectivity index (χ3n) is 2.36. The fourth-order valence-corrected chi connectivity index (χ4v) is 1.55. The Labute approximate surface area is 109 Å². The fourth-order valence-electron chi connectivity index (χ4n) is 1.45. The van der Waals surface area contributed by atoms with Gasteiger partial charge in [-0.25, -0.2) is 9.97 Å². The van der Waals surface area contributed by atoms with Crippen molar-refractivity contribution < 1.29 is 4.79 Å². The fraction of sp³-hybridized carbons (Fsp3) is 0.167. The van der Waals surface area contributed by atoms with Crippen LogP contribution in [0.25, 0.3) is 0 Å². The van der Waals surface area contributed by atoms with Gasteiger partial charge in [-0.05, 0) is 17.7 Å². The number of rotatable bonds is 3. The van der Waals surface area contributed by atoms with E-state index in [0.717, 1.165) is 5.56 Å². The highest BCUT2D eigenvalue weighted by Crippen LogP contribution is 2.07. The first-order chi connectivity index (χ1) is 8.66. The van der Waals surface area contributed by atoms with Gasteiger partial charge in [0.1, 0.15) is 10.8 Å². The summed E-state index contributed by atoms with van der Waals surface area (Å²) in [6.45, 7) is 0.492. The van der Waals surface area contributed by atoms with Gasteiger partial charge in [0.15, 0.2) is 0 Å². The predicted molar refractivity (Wildman–Crippen MR) is 67.1 cm³/mol. The minimum Gasteiger partial charge on any atom is -0.336 e. The second kappa shape index (κ2) is 5.55. The number of aromatic nitrogens is 3. The van der Waals surface area contributed by atoms with Crippen molar-refractivity contribution in [3.8, 4) is 0 Å². The number of nitrogens with zero attached hydrogens (tertiary/aromatic N) is 4. The number of hydrogen-bond acceptors (Lipinski definition) is 4. The summed E-state index contributed by atoms with van der Waals surface area (Å²) in [4.78, 5) is 25.3. The molecule has 0 unspecified atom stereocenters. The van der Waals surface area contributed by atoms with E-state index in [9.17, 15) is 4.79 Å². The average Bonchev–Trinajstić information content (AvgIpc) is 2.40. The molecule has 5 nitrogen and oxygen atoms in total. The predicted octanol–water partition coefficient (Wildman–Crippen LogP) is 1.80. The van der Waals surface area contributed by atoms with Crippen molar-refractivity contribution in [1.82, 2.24) is 19.9 Å². The van der Waals surface area contributed by atoms with E-state index in [1.807, 2.05) is 12.1 Å². The van der Waals surface area contributed by atoms with Crippen LogP contribution in [0.1, 0.15) is 16.1 Å². The van der Waals surface area contributed by atoms with Crippen molar-refractivity contribution in [3.05, 3.63) is 53.3 Å². The van der Waals surface area contributed by atoms with Gasteiger partial charge in [-0.3, -0.25) is 9.78 Å². The van der Waals surface area contributed by atoms with Gasteiger partial charge in [-0.15, -0.1) is 0 Å². The van der Waals surface area contributed by atoms with Crippen LogP contribution in [0.4, 0.5) is 0 Å². The summed E-state index contributed by atoms with van der Waals surface area (Å²) >= 11 is 5.62. The van der Waals surface area contributed by atoms with Gasteiger partial charge in [0.25, 0.3) is 5.91 Å². The highest BCUT2D eigenvalue weighted by Gasteiger charge is 2.13. The zero-order valence-electron chi connectivity index (χ0n) is 9.75. The summed E-state index contributed by atoms with van der Waals surface area (Å²) in [5.74, 6) is -0.198. The molecule has 0 radical (unpaired) electrons. The topological polar surface area (TPSA) is 59.0 Å². The van der Waals surface area contributed by atoms with Gasteiger partial charge in [-0.1, -0.05) is 11.6 Å². The Kier molecular flexibility index (Phi) is 3.84. The van der Waals surface area contributed by atoms with E-state index in [2.05, 4.69) is 15.0 Å². The lowest BCUT2D eigenvalue weighted by molar-refractivity contribution is 0.0779. The molecule has 0 saturated heterocycles. The third kappa shape index (κ3) is 3.01. The molecule has 2 heterocycles. The molecule has 2 rings (SSSR count). The average molecular weight is 263 g/mol. The van der Waals surface area contributed by atoms with Crippen molar-refractivity contribution in [2.24, 2.45) is 0 Å². The van der Waals surface area contributed by atoms with E-state index in [-0.39, 0.29) is 16.8 Å². The zero-order chi connectivity index (χ0) is 13.0. The molecule has 1 amide bonds. The van der Waals surface area contributed by atoms with Crippen molar-refractivity contribution in [2.45, 2.75) is 6.54 Å². The van der Waals surface area contributed by atoms with Crippen LogP contribution in [0, 0.1) is 0 Å². The SMILES string of the molecule is CN(Cc1ccncc1)C(=O)c1cnc(Cl)cn1. The molecule has 2 aromatic rings. The minimum absolute atomic E-state index is 0.198. The van der Waals surface area contributed by atoms with Crippen LogP contribution in [0.2, 0.25) is 5.15 Å². The standard InChI is InChI=1S/C12H11ClN4O/c1-17(8-9-2-4-14-5-3-9)12(18)10-6-16-11(13)7-15-10/h2-7H,8H2,1H3. The van der Waals surface area contributed by atoms with Crippen LogP contribution in [0.5, 0.6) is 0 Å². The lowest BCUT2D eigenvalue weighted by Crippen LogP contribution is -2.27. The molecule has 18 heavy (non-hydrogen) atoms. The minimum atomic E-state index is -0.198. The van der Waals surface area contributed by atoms with Gasteiger partial charge in [0.05, 0.1) is 12.4 Å². The highest BCUT2D eigenvalue weighted by molar-refractivity contribution is 6.29. The first-order valence-corrected chi connectivity index (χ1v) is 5.66. The van der Waals surface area contributed by atoms with Gasteiger partial charge >= 0.3 is 0 Å². The third-order valence-corrected chi connectivity index (χ3v) is 2.55. The Morgan fingerprint density at radius 2 is 2.00 bits per heavy atom. The normalized spacial score (nSPS) is 10.1. The van der Waals surface area contributed by atoms with Crippen molar-refractivity contribution >= 4 is 17.5 Å². The quantitative estimate of drug-likeness (QED) is 0.846. The van der Waals surface area contributed by atoms with Gasteiger partial charge in [0, 0.05) is 26.0 Å². The van der Waals surface area contributed by atoms with E-state index in [1.54, 1.807) is 24.3 Å². The molecule has 0 aliphatic carbocycles. The lowest BCUT2D eigenvalue weighted by atomic mass is 10.2. The summed E-state index contributed by atoms with van der Waals surface area (Å²) in [5.41, 5.74) is 1.28. The monoisotopic (exact) mass is 262 g/mol. The number of hydrogen-bond donors (Lipinski definition) is 0. The Morgan fingerprint density at radius 1 is 1.28 bits per heavy atom. The largest absolute Gasteiger partial charge is 0.336 e. The Morgan fingerprint density at radius 3 is 2.61 bits per heavy atom. The number of halogens is 1. The van der Waals surface area contributed by atoms with Gasteiger partial charge in [0.2, 0.25) is 0 Å². The molecule has 0 atom stereocenters. The molecule has 92 valence electrons. The van der Waals surface area contributed by atoms with Crippen LogP contribution >= 0.6 is 11.6 Å². The number of pyridine rings is 1. The molecular weight excluding hydrogens is 252 g/mol. The Balaban J connectivity index is 2.07. The van der Waals surface area contributed by atoms with Gasteiger partial charge in [-0.2, -0.15) is 0 Å². The zero-order valence-corrected chi connectivity index (χ0v) is 10.5. The Bertz CT molecular complexity index is 530. The van der Waals surface area contributed by atoms with Crippen LogP contribution in [0.3, 0.4) is 0 Å². The summed E-state index contributed by atoms with van der Waals surface area (Å²) < 4.78 is 0. The van der Waals surface area contributed by atoms with E-state index in [4.69, 9.17) is 11.6 Å². The Hall–Kier alpha value is -2.01. The number of carbonyl (C=O) groups excluding carboxylic acids is 1. The molecule has 0 bridgehead atoms. The van der Waals surface area contributed by atoms with E-state index >= 15 is 0 Å². The first-order valence-electron chi connectivity index (χ1n) is 5.29. The molecule has 0 N–H and O–H groups in total. The molecule has 0 aliphatic rings. The number of carbonyl (C=O) groups is 1.